The number of rotatable bonds is 2. The molecule has 0 spiro atoms. The second-order valence-corrected chi connectivity index (χ2v) is 4.27. The van der Waals surface area contributed by atoms with Crippen LogP contribution in [0.2, 0.25) is 0 Å². The SMILES string of the molecule is CCC1(O)CN(C(=O)C2CCCO2)C1. The molecule has 0 saturated carbocycles. The van der Waals surface area contributed by atoms with Crippen molar-refractivity contribution in [2.24, 2.45) is 0 Å². The zero-order valence-corrected chi connectivity index (χ0v) is 8.53. The third-order valence-corrected chi connectivity index (χ3v) is 3.15. The van der Waals surface area contributed by atoms with Crippen LogP contribution < -0.4 is 0 Å². The molecule has 2 aliphatic heterocycles. The Morgan fingerprint density at radius 1 is 1.64 bits per heavy atom. The number of aliphatic hydroxyl groups is 1. The Morgan fingerprint density at radius 3 is 2.86 bits per heavy atom. The van der Waals surface area contributed by atoms with Crippen LogP contribution in [0.1, 0.15) is 26.2 Å². The molecule has 80 valence electrons. The van der Waals surface area contributed by atoms with Crippen molar-refractivity contribution in [3.05, 3.63) is 0 Å². The van der Waals surface area contributed by atoms with Gasteiger partial charge in [0.2, 0.25) is 0 Å². The zero-order valence-electron chi connectivity index (χ0n) is 8.53. The van der Waals surface area contributed by atoms with Gasteiger partial charge in [-0.25, -0.2) is 0 Å². The van der Waals surface area contributed by atoms with Crippen molar-refractivity contribution in [1.82, 2.24) is 4.90 Å². The van der Waals surface area contributed by atoms with Crippen LogP contribution >= 0.6 is 0 Å². The molecule has 2 saturated heterocycles. The maximum Gasteiger partial charge on any atom is 0.251 e. The van der Waals surface area contributed by atoms with Crippen molar-refractivity contribution < 1.29 is 14.6 Å². The lowest BCUT2D eigenvalue weighted by atomic mass is 9.91. The average Bonchev–Trinajstić information content (AvgIpc) is 2.64. The van der Waals surface area contributed by atoms with E-state index in [1.165, 1.54) is 0 Å². The largest absolute Gasteiger partial charge is 0.386 e. The zero-order chi connectivity index (χ0) is 10.2. The van der Waals surface area contributed by atoms with Gasteiger partial charge < -0.3 is 14.7 Å². The van der Waals surface area contributed by atoms with E-state index in [-0.39, 0.29) is 12.0 Å². The summed E-state index contributed by atoms with van der Waals surface area (Å²) in [5.74, 6) is 0.0561. The summed E-state index contributed by atoms with van der Waals surface area (Å²) in [5, 5.41) is 9.75. The molecule has 0 aromatic carbocycles. The predicted molar refractivity (Wildman–Crippen MR) is 50.8 cm³/mol. The van der Waals surface area contributed by atoms with Gasteiger partial charge >= 0.3 is 0 Å². The molecule has 1 atom stereocenters. The summed E-state index contributed by atoms with van der Waals surface area (Å²) in [5.41, 5.74) is -0.631. The molecule has 0 radical (unpaired) electrons. The fourth-order valence-electron chi connectivity index (χ4n) is 2.02. The number of hydrogen-bond donors (Lipinski definition) is 1. The second kappa shape index (κ2) is 3.51. The van der Waals surface area contributed by atoms with Gasteiger partial charge in [0.1, 0.15) is 6.10 Å². The van der Waals surface area contributed by atoms with Gasteiger partial charge in [0.15, 0.2) is 0 Å². The van der Waals surface area contributed by atoms with Crippen molar-refractivity contribution in [3.63, 3.8) is 0 Å². The van der Waals surface area contributed by atoms with Crippen LogP contribution in [0, 0.1) is 0 Å². The normalized spacial score (nSPS) is 30.1. The molecule has 4 heteroatoms. The number of likely N-dealkylation sites (tertiary alicyclic amines) is 1. The van der Waals surface area contributed by atoms with E-state index >= 15 is 0 Å². The quantitative estimate of drug-likeness (QED) is 0.688. The lowest BCUT2D eigenvalue weighted by Gasteiger charge is -2.46. The molecule has 14 heavy (non-hydrogen) atoms. The Morgan fingerprint density at radius 2 is 2.36 bits per heavy atom. The van der Waals surface area contributed by atoms with Crippen LogP contribution in [-0.4, -0.2) is 47.3 Å². The van der Waals surface area contributed by atoms with Gasteiger partial charge in [-0.1, -0.05) is 6.92 Å². The van der Waals surface area contributed by atoms with Crippen molar-refractivity contribution in [2.45, 2.75) is 37.9 Å². The van der Waals surface area contributed by atoms with E-state index in [1.54, 1.807) is 4.90 Å². The molecule has 2 heterocycles. The predicted octanol–water partition coefficient (Wildman–Crippen LogP) is 0.149. The van der Waals surface area contributed by atoms with Gasteiger partial charge in [-0.15, -0.1) is 0 Å². The molecule has 2 aliphatic rings. The molecule has 1 amide bonds. The lowest BCUT2D eigenvalue weighted by Crippen LogP contribution is -2.64. The number of amides is 1. The monoisotopic (exact) mass is 199 g/mol. The lowest BCUT2D eigenvalue weighted by molar-refractivity contribution is -0.164. The molecule has 0 aromatic heterocycles. The van der Waals surface area contributed by atoms with Crippen LogP contribution in [0.15, 0.2) is 0 Å². The average molecular weight is 199 g/mol. The Bertz CT molecular complexity index is 230. The van der Waals surface area contributed by atoms with E-state index in [9.17, 15) is 9.90 Å². The van der Waals surface area contributed by atoms with E-state index < -0.39 is 5.60 Å². The molecule has 0 aliphatic carbocycles. The number of carbonyl (C=O) groups is 1. The second-order valence-electron chi connectivity index (χ2n) is 4.27. The number of hydrogen-bond acceptors (Lipinski definition) is 3. The van der Waals surface area contributed by atoms with Crippen LogP contribution in [0.3, 0.4) is 0 Å². The standard InChI is InChI=1S/C10H17NO3/c1-2-10(13)6-11(7-10)9(12)8-4-3-5-14-8/h8,13H,2-7H2,1H3. The van der Waals surface area contributed by atoms with E-state index in [4.69, 9.17) is 4.74 Å². The minimum absolute atomic E-state index is 0.0561. The Kier molecular flexibility index (Phi) is 2.49. The summed E-state index contributed by atoms with van der Waals surface area (Å²) in [4.78, 5) is 13.4. The molecule has 1 N–H and O–H groups in total. The maximum atomic E-state index is 11.7. The Balaban J connectivity index is 1.84. The molecule has 0 bridgehead atoms. The molecule has 2 fully saturated rings. The fraction of sp³-hybridized carbons (Fsp3) is 0.900. The molecular weight excluding hydrogens is 182 g/mol. The van der Waals surface area contributed by atoms with Gasteiger partial charge in [-0.05, 0) is 19.3 Å². The van der Waals surface area contributed by atoms with Crippen molar-refractivity contribution >= 4 is 5.91 Å². The van der Waals surface area contributed by atoms with Gasteiger partial charge in [-0.3, -0.25) is 4.79 Å². The first-order valence-corrected chi connectivity index (χ1v) is 5.27. The molecule has 1 unspecified atom stereocenters. The Labute approximate surface area is 83.8 Å². The fourth-order valence-corrected chi connectivity index (χ4v) is 2.02. The van der Waals surface area contributed by atoms with Gasteiger partial charge in [-0.2, -0.15) is 0 Å². The first-order valence-electron chi connectivity index (χ1n) is 5.27. The van der Waals surface area contributed by atoms with Crippen LogP contribution in [0.5, 0.6) is 0 Å². The van der Waals surface area contributed by atoms with Crippen molar-refractivity contribution in [2.75, 3.05) is 19.7 Å². The van der Waals surface area contributed by atoms with Gasteiger partial charge in [0.25, 0.3) is 5.91 Å². The van der Waals surface area contributed by atoms with E-state index in [2.05, 4.69) is 0 Å². The number of nitrogens with zero attached hydrogens (tertiary/aromatic N) is 1. The topological polar surface area (TPSA) is 49.8 Å². The highest BCUT2D eigenvalue weighted by Gasteiger charge is 2.44. The maximum absolute atomic E-state index is 11.7. The summed E-state index contributed by atoms with van der Waals surface area (Å²) in [6.07, 6.45) is 2.28. The van der Waals surface area contributed by atoms with Gasteiger partial charge in [0.05, 0.1) is 18.7 Å². The van der Waals surface area contributed by atoms with E-state index in [0.29, 0.717) is 26.1 Å². The summed E-state index contributed by atoms with van der Waals surface area (Å²) < 4.78 is 5.30. The molecule has 2 rings (SSSR count). The highest BCUT2D eigenvalue weighted by Crippen LogP contribution is 2.26. The number of carbonyl (C=O) groups excluding carboxylic acids is 1. The highest BCUT2D eigenvalue weighted by molar-refractivity contribution is 5.82. The summed E-state index contributed by atoms with van der Waals surface area (Å²) in [6, 6.07) is 0. The van der Waals surface area contributed by atoms with E-state index in [0.717, 1.165) is 12.8 Å². The van der Waals surface area contributed by atoms with Crippen LogP contribution in [-0.2, 0) is 9.53 Å². The minimum atomic E-state index is -0.631. The van der Waals surface area contributed by atoms with Crippen molar-refractivity contribution in [3.8, 4) is 0 Å². The van der Waals surface area contributed by atoms with Gasteiger partial charge in [0, 0.05) is 6.61 Å². The molecule has 0 aromatic rings. The molecule has 4 nitrogen and oxygen atoms in total. The third-order valence-electron chi connectivity index (χ3n) is 3.15. The first kappa shape index (κ1) is 9.93. The summed E-state index contributed by atoms with van der Waals surface area (Å²) in [6.45, 7) is 3.58. The van der Waals surface area contributed by atoms with Crippen LogP contribution in [0.4, 0.5) is 0 Å². The minimum Gasteiger partial charge on any atom is -0.386 e. The Hall–Kier alpha value is -0.610. The van der Waals surface area contributed by atoms with Crippen LogP contribution in [0.25, 0.3) is 0 Å². The molecular formula is C10H17NO3. The highest BCUT2D eigenvalue weighted by atomic mass is 16.5. The smallest absolute Gasteiger partial charge is 0.251 e. The van der Waals surface area contributed by atoms with E-state index in [1.807, 2.05) is 6.92 Å². The summed E-state index contributed by atoms with van der Waals surface area (Å²) >= 11 is 0. The number of ether oxygens (including phenoxy) is 1. The first-order chi connectivity index (χ1) is 6.64. The number of β-amino-alcohol motifs (C(OH)–C–C–N with tert-alkyl or cyclic N) is 1. The van der Waals surface area contributed by atoms with Crippen molar-refractivity contribution in [1.29, 1.82) is 0 Å². The summed E-state index contributed by atoms with van der Waals surface area (Å²) in [7, 11) is 0. The third kappa shape index (κ3) is 1.64.